The molecule has 0 fully saturated rings. The first-order valence-corrected chi connectivity index (χ1v) is 7.76. The van der Waals surface area contributed by atoms with E-state index >= 15 is 0 Å². The van der Waals surface area contributed by atoms with E-state index in [-0.39, 0.29) is 18.1 Å². The van der Waals surface area contributed by atoms with Crippen LogP contribution < -0.4 is 10.2 Å². The summed E-state index contributed by atoms with van der Waals surface area (Å²) in [5, 5.41) is 13.5. The second-order valence-corrected chi connectivity index (χ2v) is 5.40. The molecular weight excluding hydrogens is 320 g/mol. The van der Waals surface area contributed by atoms with Gasteiger partial charge in [0.05, 0.1) is 30.7 Å². The summed E-state index contributed by atoms with van der Waals surface area (Å²) in [4.78, 5) is 16.2. The Morgan fingerprint density at radius 2 is 2.20 bits per heavy atom. The Hall–Kier alpha value is -3.35. The molecule has 1 aromatic heterocycles. The van der Waals surface area contributed by atoms with Gasteiger partial charge in [0.1, 0.15) is 0 Å². The number of ether oxygens (including phenoxy) is 1. The van der Waals surface area contributed by atoms with Gasteiger partial charge >= 0.3 is 0 Å². The first-order valence-electron chi connectivity index (χ1n) is 7.76. The molecule has 2 aromatic carbocycles. The molecule has 128 valence electrons. The fourth-order valence-electron chi connectivity index (χ4n) is 2.42. The van der Waals surface area contributed by atoms with Crippen LogP contribution in [0.1, 0.15) is 12.0 Å². The summed E-state index contributed by atoms with van der Waals surface area (Å²) >= 11 is 0. The van der Waals surface area contributed by atoms with Gasteiger partial charge in [-0.15, -0.1) is 0 Å². The molecule has 0 bridgehead atoms. The topological polar surface area (TPSA) is 88.7 Å². The number of aromatic hydroxyl groups is 1. The van der Waals surface area contributed by atoms with Crippen molar-refractivity contribution in [3.8, 4) is 11.5 Å². The molecule has 1 heterocycles. The van der Waals surface area contributed by atoms with Gasteiger partial charge in [-0.05, 0) is 35.9 Å². The van der Waals surface area contributed by atoms with Crippen molar-refractivity contribution in [2.75, 3.05) is 7.11 Å². The van der Waals surface area contributed by atoms with E-state index in [4.69, 9.17) is 4.74 Å². The van der Waals surface area contributed by atoms with Crippen molar-refractivity contribution in [2.45, 2.75) is 13.0 Å². The molecule has 0 saturated carbocycles. The lowest BCUT2D eigenvalue weighted by Crippen LogP contribution is -2.19. The molecule has 1 amide bonds. The number of para-hydroxylation sites is 2. The van der Waals surface area contributed by atoms with Crippen LogP contribution in [0, 0.1) is 0 Å². The third kappa shape index (κ3) is 3.95. The molecule has 0 spiro atoms. The maximum Gasteiger partial charge on any atom is 0.241 e. The molecule has 3 rings (SSSR count). The minimum absolute atomic E-state index is 0.0521. The van der Waals surface area contributed by atoms with Crippen molar-refractivity contribution in [1.82, 2.24) is 15.0 Å². The number of nitrogens with one attached hydrogen (secondary N) is 1. The second kappa shape index (κ2) is 7.48. The Morgan fingerprint density at radius 3 is 3.04 bits per heavy atom. The molecule has 7 nitrogen and oxygen atoms in total. The van der Waals surface area contributed by atoms with Crippen LogP contribution in [0.25, 0.3) is 11.0 Å². The Morgan fingerprint density at radius 1 is 1.36 bits per heavy atom. The highest BCUT2D eigenvalue weighted by atomic mass is 16.5. The number of carbonyl (C=O) groups is 1. The normalized spacial score (nSPS) is 11.1. The number of carbonyl (C=O) groups excluding carboxylic acids is 1. The average molecular weight is 338 g/mol. The lowest BCUT2D eigenvalue weighted by atomic mass is 10.2. The van der Waals surface area contributed by atoms with Gasteiger partial charge in [0.25, 0.3) is 0 Å². The van der Waals surface area contributed by atoms with Gasteiger partial charge in [0.2, 0.25) is 5.91 Å². The van der Waals surface area contributed by atoms with Crippen molar-refractivity contribution in [3.63, 3.8) is 0 Å². The fourth-order valence-corrected chi connectivity index (χ4v) is 2.42. The van der Waals surface area contributed by atoms with Gasteiger partial charge in [-0.3, -0.25) is 4.79 Å². The lowest BCUT2D eigenvalue weighted by Gasteiger charge is -2.04. The number of aromatic nitrogens is 2. The summed E-state index contributed by atoms with van der Waals surface area (Å²) in [6, 6.07) is 12.6. The van der Waals surface area contributed by atoms with Crippen LogP contribution in [-0.4, -0.2) is 33.9 Å². The Kier molecular flexibility index (Phi) is 4.94. The number of phenolic OH excluding ortho intramolecular Hbond substituents is 1. The maximum absolute atomic E-state index is 11.9. The summed E-state index contributed by atoms with van der Waals surface area (Å²) < 4.78 is 6.95. The Labute approximate surface area is 144 Å². The average Bonchev–Trinajstić information content (AvgIpc) is 3.04. The van der Waals surface area contributed by atoms with Crippen molar-refractivity contribution in [2.24, 2.45) is 5.10 Å². The number of phenols is 1. The molecule has 0 radical (unpaired) electrons. The van der Waals surface area contributed by atoms with E-state index in [1.54, 1.807) is 18.5 Å². The zero-order valence-corrected chi connectivity index (χ0v) is 13.7. The zero-order chi connectivity index (χ0) is 17.6. The predicted molar refractivity (Wildman–Crippen MR) is 94.7 cm³/mol. The SMILES string of the molecule is COc1cc(C=NNC(=O)CCn2cnc3ccccc32)ccc1O. The van der Waals surface area contributed by atoms with E-state index < -0.39 is 0 Å². The van der Waals surface area contributed by atoms with E-state index in [1.165, 1.54) is 19.4 Å². The van der Waals surface area contributed by atoms with Crippen LogP contribution in [0.4, 0.5) is 0 Å². The molecule has 0 atom stereocenters. The Balaban J connectivity index is 1.54. The van der Waals surface area contributed by atoms with Crippen molar-refractivity contribution >= 4 is 23.2 Å². The summed E-state index contributed by atoms with van der Waals surface area (Å²) in [5.41, 5.74) is 5.09. The number of hydrazone groups is 1. The number of methoxy groups -OCH3 is 1. The highest BCUT2D eigenvalue weighted by Gasteiger charge is 2.05. The largest absolute Gasteiger partial charge is 0.504 e. The number of hydrogen-bond acceptors (Lipinski definition) is 5. The van der Waals surface area contributed by atoms with Gasteiger partial charge in [-0.2, -0.15) is 5.10 Å². The van der Waals surface area contributed by atoms with Gasteiger partial charge in [-0.1, -0.05) is 12.1 Å². The van der Waals surface area contributed by atoms with E-state index in [0.29, 0.717) is 17.9 Å². The van der Waals surface area contributed by atoms with Crippen molar-refractivity contribution in [3.05, 3.63) is 54.4 Å². The summed E-state index contributed by atoms with van der Waals surface area (Å²) in [5.74, 6) is 0.207. The number of aryl methyl sites for hydroxylation is 1. The molecule has 0 aliphatic heterocycles. The number of benzene rings is 2. The van der Waals surface area contributed by atoms with Crippen LogP contribution in [0.2, 0.25) is 0 Å². The number of rotatable bonds is 6. The molecule has 0 unspecified atom stereocenters. The summed E-state index contributed by atoms with van der Waals surface area (Å²) in [6.07, 6.45) is 3.51. The van der Waals surface area contributed by atoms with Crippen LogP contribution in [0.15, 0.2) is 53.9 Å². The maximum atomic E-state index is 11.9. The number of amides is 1. The first-order chi connectivity index (χ1) is 12.2. The zero-order valence-electron chi connectivity index (χ0n) is 13.7. The number of nitrogens with zero attached hydrogens (tertiary/aromatic N) is 3. The van der Waals surface area contributed by atoms with E-state index in [0.717, 1.165) is 11.0 Å². The summed E-state index contributed by atoms with van der Waals surface area (Å²) in [7, 11) is 1.47. The molecule has 0 aliphatic rings. The second-order valence-electron chi connectivity index (χ2n) is 5.40. The van der Waals surface area contributed by atoms with Crippen molar-refractivity contribution in [1.29, 1.82) is 0 Å². The summed E-state index contributed by atoms with van der Waals surface area (Å²) in [6.45, 7) is 0.523. The van der Waals surface area contributed by atoms with Gasteiger partial charge in [-0.25, -0.2) is 10.4 Å². The standard InChI is InChI=1S/C18H18N4O3/c1-25-17-10-13(6-7-16(17)23)11-20-21-18(24)8-9-22-12-19-14-4-2-3-5-15(14)22/h2-7,10-12,23H,8-9H2,1H3,(H,21,24). The minimum atomic E-state index is -0.195. The predicted octanol–water partition coefficient (Wildman–Crippen LogP) is 2.29. The highest BCUT2D eigenvalue weighted by molar-refractivity contribution is 5.83. The highest BCUT2D eigenvalue weighted by Crippen LogP contribution is 2.25. The first kappa shape index (κ1) is 16.5. The number of imidazole rings is 1. The molecule has 2 N–H and O–H groups in total. The fraction of sp³-hybridized carbons (Fsp3) is 0.167. The molecule has 3 aromatic rings. The quantitative estimate of drug-likeness (QED) is 0.533. The molecule has 0 aliphatic carbocycles. The van der Waals surface area contributed by atoms with E-state index in [1.807, 2.05) is 28.8 Å². The van der Waals surface area contributed by atoms with E-state index in [9.17, 15) is 9.90 Å². The van der Waals surface area contributed by atoms with Crippen LogP contribution in [0.5, 0.6) is 11.5 Å². The van der Waals surface area contributed by atoms with Crippen molar-refractivity contribution < 1.29 is 14.6 Å². The van der Waals surface area contributed by atoms with Crippen LogP contribution >= 0.6 is 0 Å². The van der Waals surface area contributed by atoms with Crippen LogP contribution in [-0.2, 0) is 11.3 Å². The van der Waals surface area contributed by atoms with Crippen LogP contribution in [0.3, 0.4) is 0 Å². The molecule has 25 heavy (non-hydrogen) atoms. The van der Waals surface area contributed by atoms with Gasteiger partial charge in [0, 0.05) is 13.0 Å². The number of hydrogen-bond donors (Lipinski definition) is 2. The Bertz CT molecular complexity index is 918. The number of fused-ring (bicyclic) bond motifs is 1. The lowest BCUT2D eigenvalue weighted by molar-refractivity contribution is -0.121. The third-order valence-electron chi connectivity index (χ3n) is 3.71. The third-order valence-corrected chi connectivity index (χ3v) is 3.71. The monoisotopic (exact) mass is 338 g/mol. The van der Waals surface area contributed by atoms with Gasteiger partial charge in [0.15, 0.2) is 11.5 Å². The smallest absolute Gasteiger partial charge is 0.241 e. The molecule has 0 saturated heterocycles. The minimum Gasteiger partial charge on any atom is -0.504 e. The molecular formula is C18H18N4O3. The van der Waals surface area contributed by atoms with E-state index in [2.05, 4.69) is 15.5 Å². The van der Waals surface area contributed by atoms with Gasteiger partial charge < -0.3 is 14.4 Å². The molecule has 7 heteroatoms.